The third kappa shape index (κ3) is 4.84. The highest BCUT2D eigenvalue weighted by Crippen LogP contribution is 2.48. The number of anilines is 2. The second kappa shape index (κ2) is 9.44. The molecule has 4 heterocycles. The van der Waals surface area contributed by atoms with Crippen molar-refractivity contribution in [1.82, 2.24) is 25.1 Å². The zero-order chi connectivity index (χ0) is 27.2. The maximum atomic E-state index is 13.6. The molecule has 1 atom stereocenters. The summed E-state index contributed by atoms with van der Waals surface area (Å²) in [6, 6.07) is 2.53. The van der Waals surface area contributed by atoms with Crippen LogP contribution in [0.2, 0.25) is 0 Å². The standard InChI is InChI=1S/C25H28F3N7O3/c1-15-8-30-21(10-29-15)32-23(38)35-14-24(19-7-18(25(26,27)28)3-4-20(19)35)5-6-33(13-24)22(37)31-9-17-11-34(12-17)16(2)36/h3-4,7-8,10,17H,5-6,9,11-14H2,1-2H3,(H,31,37)(H,30,32,38). The first kappa shape index (κ1) is 25.7. The predicted molar refractivity (Wildman–Crippen MR) is 132 cm³/mol. The van der Waals surface area contributed by atoms with E-state index in [0.717, 1.165) is 12.1 Å². The molecule has 2 aromatic rings. The van der Waals surface area contributed by atoms with Gasteiger partial charge in [0.05, 0.1) is 23.7 Å². The molecule has 2 fully saturated rings. The summed E-state index contributed by atoms with van der Waals surface area (Å²) in [6.07, 6.45) is -1.23. The number of alkyl halides is 3. The van der Waals surface area contributed by atoms with Crippen LogP contribution < -0.4 is 15.5 Å². The van der Waals surface area contributed by atoms with E-state index in [1.165, 1.54) is 30.3 Å². The van der Waals surface area contributed by atoms with Gasteiger partial charge in [-0.25, -0.2) is 14.6 Å². The Morgan fingerprint density at radius 2 is 1.84 bits per heavy atom. The van der Waals surface area contributed by atoms with Crippen LogP contribution in [0.4, 0.5) is 34.3 Å². The zero-order valence-electron chi connectivity index (χ0n) is 21.0. The van der Waals surface area contributed by atoms with Gasteiger partial charge in [-0.1, -0.05) is 0 Å². The number of aromatic nitrogens is 2. The lowest BCUT2D eigenvalue weighted by Gasteiger charge is -2.38. The first-order valence-corrected chi connectivity index (χ1v) is 12.3. The summed E-state index contributed by atoms with van der Waals surface area (Å²) in [5.41, 5.74) is -0.205. The predicted octanol–water partition coefficient (Wildman–Crippen LogP) is 2.99. The summed E-state index contributed by atoms with van der Waals surface area (Å²) >= 11 is 0. The van der Waals surface area contributed by atoms with Gasteiger partial charge in [-0.3, -0.25) is 20.0 Å². The Morgan fingerprint density at radius 3 is 2.50 bits per heavy atom. The zero-order valence-corrected chi connectivity index (χ0v) is 21.0. The second-order valence-corrected chi connectivity index (χ2v) is 10.2. The number of likely N-dealkylation sites (tertiary alicyclic amines) is 2. The van der Waals surface area contributed by atoms with E-state index >= 15 is 0 Å². The van der Waals surface area contributed by atoms with Gasteiger partial charge in [0, 0.05) is 63.2 Å². The molecule has 38 heavy (non-hydrogen) atoms. The van der Waals surface area contributed by atoms with Crippen molar-refractivity contribution in [2.75, 3.05) is 49.5 Å². The quantitative estimate of drug-likeness (QED) is 0.633. The molecule has 0 radical (unpaired) electrons. The molecule has 0 bridgehead atoms. The van der Waals surface area contributed by atoms with E-state index in [0.29, 0.717) is 49.5 Å². The summed E-state index contributed by atoms with van der Waals surface area (Å²) in [4.78, 5) is 50.4. The lowest BCUT2D eigenvalue weighted by Crippen LogP contribution is -2.54. The minimum absolute atomic E-state index is 0.00444. The number of hydrogen-bond acceptors (Lipinski definition) is 5. The minimum Gasteiger partial charge on any atom is -0.342 e. The summed E-state index contributed by atoms with van der Waals surface area (Å²) in [6.45, 7) is 5.47. The molecule has 5 rings (SSSR count). The van der Waals surface area contributed by atoms with Crippen LogP contribution in [0.3, 0.4) is 0 Å². The maximum Gasteiger partial charge on any atom is 0.416 e. The van der Waals surface area contributed by atoms with Crippen LogP contribution in [-0.2, 0) is 16.4 Å². The van der Waals surface area contributed by atoms with Crippen LogP contribution >= 0.6 is 0 Å². The number of carbonyl (C=O) groups excluding carboxylic acids is 3. The van der Waals surface area contributed by atoms with Gasteiger partial charge in [0.1, 0.15) is 0 Å². The van der Waals surface area contributed by atoms with Crippen molar-refractivity contribution in [2.45, 2.75) is 31.9 Å². The van der Waals surface area contributed by atoms with E-state index in [1.807, 2.05) is 0 Å². The normalized spacial score (nSPS) is 20.9. The molecule has 2 N–H and O–H groups in total. The Labute approximate surface area is 217 Å². The number of urea groups is 2. The van der Waals surface area contributed by atoms with Gasteiger partial charge >= 0.3 is 18.2 Å². The number of hydrogen-bond donors (Lipinski definition) is 2. The summed E-state index contributed by atoms with van der Waals surface area (Å²) in [7, 11) is 0. The number of benzene rings is 1. The van der Waals surface area contributed by atoms with E-state index in [1.54, 1.807) is 16.7 Å². The molecule has 3 aliphatic rings. The Morgan fingerprint density at radius 1 is 1.08 bits per heavy atom. The SMILES string of the molecule is CC(=O)N1CC(CNC(=O)N2CCC3(C2)CN(C(=O)Nc2cnc(C)cn2)c2ccc(C(F)(F)F)cc23)C1. The van der Waals surface area contributed by atoms with Gasteiger partial charge < -0.3 is 15.1 Å². The number of aryl methyl sites for hydroxylation is 1. The van der Waals surface area contributed by atoms with Gasteiger partial charge in [-0.2, -0.15) is 13.2 Å². The fraction of sp³-hybridized carbons (Fsp3) is 0.480. The third-order valence-corrected chi connectivity index (χ3v) is 7.49. The molecule has 10 nitrogen and oxygen atoms in total. The molecule has 202 valence electrons. The molecule has 5 amide bonds. The number of nitrogens with one attached hydrogen (secondary N) is 2. The van der Waals surface area contributed by atoms with Gasteiger partial charge in [0.15, 0.2) is 5.82 Å². The van der Waals surface area contributed by atoms with Crippen molar-refractivity contribution >= 4 is 29.5 Å². The molecule has 0 saturated carbocycles. The maximum absolute atomic E-state index is 13.6. The van der Waals surface area contributed by atoms with Gasteiger partial charge in [0.2, 0.25) is 5.91 Å². The fourth-order valence-corrected chi connectivity index (χ4v) is 5.36. The molecular weight excluding hydrogens is 503 g/mol. The van der Waals surface area contributed by atoms with Gasteiger partial charge in [-0.15, -0.1) is 0 Å². The molecule has 3 aliphatic heterocycles. The smallest absolute Gasteiger partial charge is 0.342 e. The van der Waals surface area contributed by atoms with E-state index in [-0.39, 0.29) is 36.8 Å². The summed E-state index contributed by atoms with van der Waals surface area (Å²) in [5.74, 6) is 0.391. The minimum atomic E-state index is -4.55. The van der Waals surface area contributed by atoms with E-state index in [2.05, 4.69) is 20.6 Å². The highest BCUT2D eigenvalue weighted by Gasteiger charge is 2.51. The number of halogens is 3. The molecule has 2 saturated heterocycles. The largest absolute Gasteiger partial charge is 0.416 e. The molecule has 1 aromatic heterocycles. The number of rotatable bonds is 3. The van der Waals surface area contributed by atoms with Gasteiger partial charge in [-0.05, 0) is 37.1 Å². The molecule has 1 unspecified atom stereocenters. The number of nitrogens with zero attached hydrogens (tertiary/aromatic N) is 5. The van der Waals surface area contributed by atoms with Crippen LogP contribution in [0.1, 0.15) is 30.2 Å². The molecule has 1 spiro atoms. The van der Waals surface area contributed by atoms with Crippen LogP contribution in [0.25, 0.3) is 0 Å². The fourth-order valence-electron chi connectivity index (χ4n) is 5.36. The lowest BCUT2D eigenvalue weighted by atomic mass is 9.81. The molecule has 0 aliphatic carbocycles. The summed E-state index contributed by atoms with van der Waals surface area (Å²) in [5, 5.41) is 5.55. The van der Waals surface area contributed by atoms with Gasteiger partial charge in [0.25, 0.3) is 0 Å². The van der Waals surface area contributed by atoms with Crippen LogP contribution in [0, 0.1) is 12.8 Å². The molecule has 1 aromatic carbocycles. The Kier molecular flexibility index (Phi) is 6.40. The van der Waals surface area contributed by atoms with Crippen molar-refractivity contribution in [1.29, 1.82) is 0 Å². The van der Waals surface area contributed by atoms with E-state index in [4.69, 9.17) is 0 Å². The van der Waals surface area contributed by atoms with Crippen LogP contribution in [0.15, 0.2) is 30.6 Å². The monoisotopic (exact) mass is 531 g/mol. The highest BCUT2D eigenvalue weighted by molar-refractivity contribution is 6.03. The average Bonchev–Trinajstić information content (AvgIpc) is 3.40. The van der Waals surface area contributed by atoms with Crippen molar-refractivity contribution in [3.05, 3.63) is 47.4 Å². The average molecular weight is 532 g/mol. The van der Waals surface area contributed by atoms with Crippen molar-refractivity contribution in [3.63, 3.8) is 0 Å². The Hall–Kier alpha value is -3.90. The summed E-state index contributed by atoms with van der Waals surface area (Å²) < 4.78 is 40.8. The molecule has 13 heteroatoms. The topological polar surface area (TPSA) is 111 Å². The lowest BCUT2D eigenvalue weighted by molar-refractivity contribution is -0.137. The Balaban J connectivity index is 1.33. The van der Waals surface area contributed by atoms with E-state index < -0.39 is 23.2 Å². The van der Waals surface area contributed by atoms with Crippen molar-refractivity contribution in [3.8, 4) is 0 Å². The van der Waals surface area contributed by atoms with E-state index in [9.17, 15) is 27.6 Å². The van der Waals surface area contributed by atoms with Crippen LogP contribution in [0.5, 0.6) is 0 Å². The van der Waals surface area contributed by atoms with Crippen LogP contribution in [-0.4, -0.2) is 77.0 Å². The first-order chi connectivity index (χ1) is 17.9. The van der Waals surface area contributed by atoms with Crippen molar-refractivity contribution < 1.29 is 27.6 Å². The van der Waals surface area contributed by atoms with Crippen molar-refractivity contribution in [2.24, 2.45) is 5.92 Å². The number of amides is 5. The highest BCUT2D eigenvalue weighted by atomic mass is 19.4. The Bertz CT molecular complexity index is 1260. The third-order valence-electron chi connectivity index (χ3n) is 7.49. The molecular formula is C25H28F3N7O3. The first-order valence-electron chi connectivity index (χ1n) is 12.3. The number of fused-ring (bicyclic) bond motifs is 2. The second-order valence-electron chi connectivity index (χ2n) is 10.2. The number of carbonyl (C=O) groups is 3.